The zero-order valence-electron chi connectivity index (χ0n) is 12.1. The Morgan fingerprint density at radius 3 is 2.53 bits per heavy atom. The molecule has 0 aliphatic carbocycles. The highest BCUT2D eigenvalue weighted by Gasteiger charge is 2.31. The SMILES string of the molecule is CC(C)(C)CC(N)CC(=O)NCC1CCCS1(=O)=O. The van der Waals surface area contributed by atoms with Gasteiger partial charge in [0.1, 0.15) is 0 Å². The van der Waals surface area contributed by atoms with E-state index in [-0.39, 0.29) is 36.1 Å². The summed E-state index contributed by atoms with van der Waals surface area (Å²) >= 11 is 0. The molecule has 1 saturated heterocycles. The van der Waals surface area contributed by atoms with Crippen molar-refractivity contribution in [3.63, 3.8) is 0 Å². The van der Waals surface area contributed by atoms with Crippen LogP contribution in [0.2, 0.25) is 0 Å². The number of sulfone groups is 1. The van der Waals surface area contributed by atoms with Crippen LogP contribution in [0.1, 0.15) is 46.5 Å². The molecule has 1 aliphatic rings. The minimum Gasteiger partial charge on any atom is -0.355 e. The predicted octanol–water partition coefficient (Wildman–Crippen LogP) is 0.833. The zero-order chi connectivity index (χ0) is 14.7. The number of carbonyl (C=O) groups excluding carboxylic acids is 1. The third-order valence-electron chi connectivity index (χ3n) is 3.31. The number of carbonyl (C=O) groups is 1. The third kappa shape index (κ3) is 5.91. The third-order valence-corrected chi connectivity index (χ3v) is 5.59. The van der Waals surface area contributed by atoms with Crippen LogP contribution in [0, 0.1) is 5.41 Å². The maximum absolute atomic E-state index is 11.7. The summed E-state index contributed by atoms with van der Waals surface area (Å²) in [4.78, 5) is 11.7. The standard InChI is InChI=1S/C13H26N2O3S/c1-13(2,3)8-10(14)7-12(16)15-9-11-5-4-6-19(11,17)18/h10-11H,4-9,14H2,1-3H3,(H,15,16). The fourth-order valence-electron chi connectivity index (χ4n) is 2.48. The summed E-state index contributed by atoms with van der Waals surface area (Å²) in [7, 11) is -2.99. The van der Waals surface area contributed by atoms with Crippen LogP contribution in [0.25, 0.3) is 0 Å². The predicted molar refractivity (Wildman–Crippen MR) is 76.5 cm³/mol. The zero-order valence-corrected chi connectivity index (χ0v) is 12.9. The van der Waals surface area contributed by atoms with Crippen molar-refractivity contribution in [2.45, 2.75) is 57.7 Å². The van der Waals surface area contributed by atoms with Crippen LogP contribution in [0.4, 0.5) is 0 Å². The Balaban J connectivity index is 2.32. The number of amides is 1. The number of rotatable bonds is 5. The second-order valence-corrected chi connectivity index (χ2v) is 9.06. The van der Waals surface area contributed by atoms with E-state index in [2.05, 4.69) is 26.1 Å². The van der Waals surface area contributed by atoms with E-state index in [1.165, 1.54) is 0 Å². The van der Waals surface area contributed by atoms with Gasteiger partial charge in [0.15, 0.2) is 9.84 Å². The van der Waals surface area contributed by atoms with Crippen LogP contribution in [0.5, 0.6) is 0 Å². The topological polar surface area (TPSA) is 89.3 Å². The van der Waals surface area contributed by atoms with Gasteiger partial charge >= 0.3 is 0 Å². The van der Waals surface area contributed by atoms with Crippen molar-refractivity contribution in [1.82, 2.24) is 5.32 Å². The van der Waals surface area contributed by atoms with E-state index < -0.39 is 15.1 Å². The molecule has 5 nitrogen and oxygen atoms in total. The van der Waals surface area contributed by atoms with Crippen molar-refractivity contribution in [3.05, 3.63) is 0 Å². The molecule has 2 unspecified atom stereocenters. The first-order chi connectivity index (χ1) is 8.60. The number of nitrogens with one attached hydrogen (secondary N) is 1. The summed E-state index contributed by atoms with van der Waals surface area (Å²) in [6, 6.07) is -0.180. The Labute approximate surface area is 116 Å². The molecule has 1 aliphatic heterocycles. The van der Waals surface area contributed by atoms with Gasteiger partial charge in [-0.15, -0.1) is 0 Å². The van der Waals surface area contributed by atoms with Crippen molar-refractivity contribution in [2.75, 3.05) is 12.3 Å². The molecule has 0 aromatic rings. The van der Waals surface area contributed by atoms with E-state index in [1.54, 1.807) is 0 Å². The van der Waals surface area contributed by atoms with Gasteiger partial charge in [-0.1, -0.05) is 20.8 Å². The Morgan fingerprint density at radius 2 is 2.05 bits per heavy atom. The molecule has 1 heterocycles. The van der Waals surface area contributed by atoms with Gasteiger partial charge in [-0.2, -0.15) is 0 Å². The Hall–Kier alpha value is -0.620. The quantitative estimate of drug-likeness (QED) is 0.785. The molecule has 0 bridgehead atoms. The lowest BCUT2D eigenvalue weighted by Crippen LogP contribution is -2.38. The molecule has 2 atom stereocenters. The lowest BCUT2D eigenvalue weighted by molar-refractivity contribution is -0.121. The van der Waals surface area contributed by atoms with Gasteiger partial charge < -0.3 is 11.1 Å². The van der Waals surface area contributed by atoms with Crippen LogP contribution in [0.3, 0.4) is 0 Å². The second-order valence-electron chi connectivity index (χ2n) is 6.66. The van der Waals surface area contributed by atoms with Crippen LogP contribution in [-0.2, 0) is 14.6 Å². The van der Waals surface area contributed by atoms with Gasteiger partial charge in [-0.25, -0.2) is 8.42 Å². The average Bonchev–Trinajstić information content (AvgIpc) is 2.51. The van der Waals surface area contributed by atoms with E-state index >= 15 is 0 Å². The lowest BCUT2D eigenvalue weighted by Gasteiger charge is -2.22. The molecule has 0 aromatic carbocycles. The van der Waals surface area contributed by atoms with Crippen molar-refractivity contribution < 1.29 is 13.2 Å². The average molecular weight is 290 g/mol. The highest BCUT2D eigenvalue weighted by molar-refractivity contribution is 7.92. The molecule has 1 rings (SSSR count). The van der Waals surface area contributed by atoms with E-state index in [4.69, 9.17) is 5.73 Å². The molecule has 6 heteroatoms. The maximum atomic E-state index is 11.7. The van der Waals surface area contributed by atoms with Crippen molar-refractivity contribution in [1.29, 1.82) is 0 Å². The Kier molecular flexibility index (Phi) is 5.38. The Morgan fingerprint density at radius 1 is 1.42 bits per heavy atom. The van der Waals surface area contributed by atoms with Crippen molar-refractivity contribution in [2.24, 2.45) is 11.1 Å². The number of nitrogens with two attached hydrogens (primary N) is 1. The van der Waals surface area contributed by atoms with Crippen LogP contribution in [0.15, 0.2) is 0 Å². The molecule has 1 fully saturated rings. The monoisotopic (exact) mass is 290 g/mol. The summed E-state index contributed by atoms with van der Waals surface area (Å²) < 4.78 is 23.2. The molecule has 0 radical (unpaired) electrons. The molecule has 19 heavy (non-hydrogen) atoms. The summed E-state index contributed by atoms with van der Waals surface area (Å²) in [5.74, 6) is 0.0933. The highest BCUT2D eigenvalue weighted by Crippen LogP contribution is 2.21. The molecule has 0 spiro atoms. The minimum absolute atomic E-state index is 0.0918. The molecule has 3 N–H and O–H groups in total. The molecule has 0 saturated carbocycles. The first-order valence-electron chi connectivity index (χ1n) is 6.84. The molecule has 1 amide bonds. The molecular formula is C13H26N2O3S. The molecule has 112 valence electrons. The summed E-state index contributed by atoms with van der Waals surface area (Å²) in [5, 5.41) is 2.29. The van der Waals surface area contributed by atoms with E-state index in [9.17, 15) is 13.2 Å². The van der Waals surface area contributed by atoms with Crippen LogP contribution in [-0.4, -0.2) is 37.9 Å². The molecule has 0 aromatic heterocycles. The van der Waals surface area contributed by atoms with Crippen molar-refractivity contribution in [3.8, 4) is 0 Å². The van der Waals surface area contributed by atoms with Gasteiger partial charge in [-0.05, 0) is 24.7 Å². The van der Waals surface area contributed by atoms with E-state index in [0.29, 0.717) is 12.8 Å². The van der Waals surface area contributed by atoms with Gasteiger partial charge in [0, 0.05) is 19.0 Å². The maximum Gasteiger partial charge on any atom is 0.221 e. The summed E-state index contributed by atoms with van der Waals surface area (Å²) in [6.07, 6.45) is 2.37. The first kappa shape index (κ1) is 16.4. The van der Waals surface area contributed by atoms with Crippen LogP contribution >= 0.6 is 0 Å². The first-order valence-corrected chi connectivity index (χ1v) is 8.55. The van der Waals surface area contributed by atoms with Gasteiger partial charge in [0.05, 0.1) is 11.0 Å². The Bertz CT molecular complexity index is 412. The van der Waals surface area contributed by atoms with E-state index in [1.807, 2.05) is 0 Å². The normalized spacial score (nSPS) is 24.1. The number of hydrogen-bond donors (Lipinski definition) is 2. The van der Waals surface area contributed by atoms with Gasteiger partial charge in [0.2, 0.25) is 5.91 Å². The summed E-state index contributed by atoms with van der Waals surface area (Å²) in [5.41, 5.74) is 6.01. The smallest absolute Gasteiger partial charge is 0.221 e. The van der Waals surface area contributed by atoms with Gasteiger partial charge in [-0.3, -0.25) is 4.79 Å². The molecular weight excluding hydrogens is 264 g/mol. The fraction of sp³-hybridized carbons (Fsp3) is 0.923. The van der Waals surface area contributed by atoms with E-state index in [0.717, 1.165) is 6.42 Å². The lowest BCUT2D eigenvalue weighted by atomic mass is 9.87. The van der Waals surface area contributed by atoms with Crippen LogP contribution < -0.4 is 11.1 Å². The summed E-state index contributed by atoms with van der Waals surface area (Å²) in [6.45, 7) is 6.46. The highest BCUT2D eigenvalue weighted by atomic mass is 32.2. The second kappa shape index (κ2) is 6.22. The largest absolute Gasteiger partial charge is 0.355 e. The van der Waals surface area contributed by atoms with Crippen molar-refractivity contribution >= 4 is 15.7 Å². The number of hydrogen-bond acceptors (Lipinski definition) is 4. The fourth-order valence-corrected chi connectivity index (χ4v) is 4.25. The van der Waals surface area contributed by atoms with Gasteiger partial charge in [0.25, 0.3) is 0 Å². The minimum atomic E-state index is -2.99.